The second kappa shape index (κ2) is 4.26. The summed E-state index contributed by atoms with van der Waals surface area (Å²) in [6.07, 6.45) is 0. The Kier molecular flexibility index (Phi) is 3.26. The molecule has 0 aliphatic rings. The molecule has 1 aromatic rings. The Labute approximate surface area is 70.9 Å². The fraction of sp³-hybridized carbons (Fsp3) is 0.250. The fourth-order valence-electron chi connectivity index (χ4n) is 0.810. The van der Waals surface area contributed by atoms with Gasteiger partial charge in [0.2, 0.25) is 0 Å². The smallest absolute Gasteiger partial charge is 0.0503 e. The predicted octanol–water partition coefficient (Wildman–Crippen LogP) is 2.06. The van der Waals surface area contributed by atoms with Gasteiger partial charge in [0, 0.05) is 11.4 Å². The molecule has 0 saturated carbocycles. The van der Waals surface area contributed by atoms with Gasteiger partial charge in [-0.2, -0.15) is 0 Å². The highest BCUT2D eigenvalue weighted by molar-refractivity contribution is 7.93. The Morgan fingerprint density at radius 1 is 1.55 bits per heavy atom. The van der Waals surface area contributed by atoms with Crippen molar-refractivity contribution in [2.24, 2.45) is 0 Å². The number of benzene rings is 1. The molecular weight excluding hydrogens is 158 g/mol. The molecule has 0 amide bonds. The van der Waals surface area contributed by atoms with Crippen molar-refractivity contribution in [3.63, 3.8) is 0 Å². The van der Waals surface area contributed by atoms with Crippen molar-refractivity contribution in [1.82, 2.24) is 0 Å². The van der Waals surface area contributed by atoms with Crippen LogP contribution in [0.3, 0.4) is 0 Å². The van der Waals surface area contributed by atoms with Crippen molar-refractivity contribution < 1.29 is 4.18 Å². The Morgan fingerprint density at radius 3 is 3.00 bits per heavy atom. The van der Waals surface area contributed by atoms with Gasteiger partial charge in [-0.25, -0.2) is 0 Å². The van der Waals surface area contributed by atoms with E-state index in [0.717, 1.165) is 11.4 Å². The Hall–Kier alpha value is -0.670. The van der Waals surface area contributed by atoms with Gasteiger partial charge < -0.3 is 9.92 Å². The van der Waals surface area contributed by atoms with E-state index in [9.17, 15) is 0 Å². The fourth-order valence-corrected chi connectivity index (χ4v) is 1.24. The molecule has 3 heteroatoms. The highest BCUT2D eigenvalue weighted by Gasteiger charge is 1.92. The van der Waals surface area contributed by atoms with Crippen molar-refractivity contribution in [3.8, 4) is 0 Å². The lowest BCUT2D eigenvalue weighted by molar-refractivity contribution is 0.489. The van der Waals surface area contributed by atoms with E-state index < -0.39 is 0 Å². The van der Waals surface area contributed by atoms with Crippen LogP contribution in [0.25, 0.3) is 0 Å². The SMILES string of the molecule is COSCc1cccc(N)c1. The summed E-state index contributed by atoms with van der Waals surface area (Å²) in [5, 5.41) is 0. The molecule has 0 fully saturated rings. The van der Waals surface area contributed by atoms with Crippen molar-refractivity contribution in [2.75, 3.05) is 12.8 Å². The van der Waals surface area contributed by atoms with Gasteiger partial charge in [-0.3, -0.25) is 0 Å². The average molecular weight is 169 g/mol. The number of nitrogen functional groups attached to an aromatic ring is 1. The maximum absolute atomic E-state index is 5.58. The van der Waals surface area contributed by atoms with E-state index >= 15 is 0 Å². The van der Waals surface area contributed by atoms with Gasteiger partial charge in [-0.1, -0.05) is 12.1 Å². The maximum atomic E-state index is 5.58. The van der Waals surface area contributed by atoms with Crippen LogP contribution < -0.4 is 5.73 Å². The van der Waals surface area contributed by atoms with Gasteiger partial charge >= 0.3 is 0 Å². The second-order valence-corrected chi connectivity index (χ2v) is 3.03. The van der Waals surface area contributed by atoms with Gasteiger partial charge in [0.05, 0.1) is 7.11 Å². The molecule has 11 heavy (non-hydrogen) atoms. The number of hydrogen-bond acceptors (Lipinski definition) is 3. The molecule has 0 saturated heterocycles. The third-order valence-electron chi connectivity index (χ3n) is 1.29. The number of nitrogens with two attached hydrogens (primary N) is 1. The van der Waals surface area contributed by atoms with Crippen LogP contribution in [0.5, 0.6) is 0 Å². The largest absolute Gasteiger partial charge is 0.399 e. The minimum atomic E-state index is 0.805. The molecule has 2 N–H and O–H groups in total. The highest BCUT2D eigenvalue weighted by atomic mass is 32.2. The van der Waals surface area contributed by atoms with E-state index in [1.807, 2.05) is 24.3 Å². The average Bonchev–Trinajstić information content (AvgIpc) is 2.01. The summed E-state index contributed by atoms with van der Waals surface area (Å²) in [7, 11) is 1.66. The zero-order valence-corrected chi connectivity index (χ0v) is 7.23. The van der Waals surface area contributed by atoms with Crippen molar-refractivity contribution in [1.29, 1.82) is 0 Å². The molecule has 0 atom stereocenters. The van der Waals surface area contributed by atoms with Gasteiger partial charge in [0.15, 0.2) is 0 Å². The Morgan fingerprint density at radius 2 is 2.36 bits per heavy atom. The summed E-state index contributed by atoms with van der Waals surface area (Å²) in [5.41, 5.74) is 7.58. The van der Waals surface area contributed by atoms with Crippen LogP contribution in [0, 0.1) is 0 Å². The van der Waals surface area contributed by atoms with Gasteiger partial charge in [0.1, 0.15) is 0 Å². The minimum Gasteiger partial charge on any atom is -0.399 e. The summed E-state index contributed by atoms with van der Waals surface area (Å²) in [6, 6.07) is 7.80. The van der Waals surface area contributed by atoms with Gasteiger partial charge in [0.25, 0.3) is 0 Å². The van der Waals surface area contributed by atoms with Crippen LogP contribution in [0.1, 0.15) is 5.56 Å². The zero-order valence-electron chi connectivity index (χ0n) is 6.41. The van der Waals surface area contributed by atoms with Crippen molar-refractivity contribution >= 4 is 17.7 Å². The molecule has 0 radical (unpaired) electrons. The monoisotopic (exact) mass is 169 g/mol. The molecule has 60 valence electrons. The molecule has 0 spiro atoms. The van der Waals surface area contributed by atoms with Crippen LogP contribution >= 0.6 is 12.0 Å². The van der Waals surface area contributed by atoms with Crippen molar-refractivity contribution in [3.05, 3.63) is 29.8 Å². The molecule has 0 aliphatic heterocycles. The Bertz CT molecular complexity index is 227. The lowest BCUT2D eigenvalue weighted by Gasteiger charge is -1.99. The Balaban J connectivity index is 2.56. The molecule has 0 aliphatic carbocycles. The third kappa shape index (κ3) is 2.82. The first-order valence-corrected chi connectivity index (χ1v) is 4.24. The summed E-state index contributed by atoms with van der Waals surface area (Å²) >= 11 is 1.41. The molecule has 1 aromatic carbocycles. The summed E-state index contributed by atoms with van der Waals surface area (Å²) in [5.74, 6) is 0.849. The molecule has 0 aromatic heterocycles. The third-order valence-corrected chi connectivity index (χ3v) is 1.98. The van der Waals surface area contributed by atoms with Gasteiger partial charge in [-0.15, -0.1) is 0 Å². The lowest BCUT2D eigenvalue weighted by Crippen LogP contribution is -1.86. The van der Waals surface area contributed by atoms with E-state index in [2.05, 4.69) is 0 Å². The molecule has 0 unspecified atom stereocenters. The summed E-state index contributed by atoms with van der Waals surface area (Å²) in [6.45, 7) is 0. The highest BCUT2D eigenvalue weighted by Crippen LogP contribution is 2.14. The zero-order chi connectivity index (χ0) is 8.10. The molecule has 0 bridgehead atoms. The lowest BCUT2D eigenvalue weighted by atomic mass is 10.2. The van der Waals surface area contributed by atoms with Crippen molar-refractivity contribution in [2.45, 2.75) is 5.75 Å². The predicted molar refractivity (Wildman–Crippen MR) is 49.2 cm³/mol. The van der Waals surface area contributed by atoms with Crippen LogP contribution in [0.2, 0.25) is 0 Å². The normalized spacial score (nSPS) is 9.91. The number of rotatable bonds is 3. The topological polar surface area (TPSA) is 35.2 Å². The number of anilines is 1. The summed E-state index contributed by atoms with van der Waals surface area (Å²) < 4.78 is 4.86. The standard InChI is InChI=1S/C8H11NOS/c1-10-11-6-7-3-2-4-8(9)5-7/h2-5H,6,9H2,1H3. The van der Waals surface area contributed by atoms with E-state index in [-0.39, 0.29) is 0 Å². The quantitative estimate of drug-likeness (QED) is 0.555. The second-order valence-electron chi connectivity index (χ2n) is 2.17. The van der Waals surface area contributed by atoms with Crippen LogP contribution in [-0.4, -0.2) is 7.11 Å². The number of hydrogen-bond donors (Lipinski definition) is 1. The van der Waals surface area contributed by atoms with Gasteiger partial charge in [-0.05, 0) is 29.7 Å². The first-order valence-electron chi connectivity index (χ1n) is 3.33. The molecule has 1 rings (SSSR count). The molecule has 2 nitrogen and oxygen atoms in total. The van der Waals surface area contributed by atoms with Crippen LogP contribution in [-0.2, 0) is 9.94 Å². The van der Waals surface area contributed by atoms with E-state index in [4.69, 9.17) is 9.92 Å². The van der Waals surface area contributed by atoms with Crippen LogP contribution in [0.4, 0.5) is 5.69 Å². The van der Waals surface area contributed by atoms with Crippen LogP contribution in [0.15, 0.2) is 24.3 Å². The summed E-state index contributed by atoms with van der Waals surface area (Å²) in [4.78, 5) is 0. The van der Waals surface area contributed by atoms with E-state index in [0.29, 0.717) is 0 Å². The molecule has 0 heterocycles. The molecular formula is C8H11NOS. The van der Waals surface area contributed by atoms with E-state index in [1.165, 1.54) is 17.6 Å². The first-order chi connectivity index (χ1) is 5.33. The maximum Gasteiger partial charge on any atom is 0.0503 e. The van der Waals surface area contributed by atoms with E-state index in [1.54, 1.807) is 7.11 Å². The minimum absolute atomic E-state index is 0.805. The first kappa shape index (κ1) is 8.43.